The van der Waals surface area contributed by atoms with E-state index in [1.54, 1.807) is 35.7 Å². The summed E-state index contributed by atoms with van der Waals surface area (Å²) in [6, 6.07) is 8.48. The molecule has 0 fully saturated rings. The van der Waals surface area contributed by atoms with Crippen molar-refractivity contribution in [2.24, 2.45) is 0 Å². The van der Waals surface area contributed by atoms with E-state index in [0.29, 0.717) is 16.0 Å². The van der Waals surface area contributed by atoms with Crippen LogP contribution in [-0.2, 0) is 4.74 Å². The summed E-state index contributed by atoms with van der Waals surface area (Å²) < 4.78 is 5.09. The number of ether oxygens (including phenoxy) is 1. The van der Waals surface area contributed by atoms with Gasteiger partial charge < -0.3 is 4.74 Å². The molecule has 6 heteroatoms. The third-order valence-electron chi connectivity index (χ3n) is 3.44. The van der Waals surface area contributed by atoms with Gasteiger partial charge in [0, 0.05) is 0 Å². The van der Waals surface area contributed by atoms with Crippen molar-refractivity contribution in [3.05, 3.63) is 57.5 Å². The fourth-order valence-corrected chi connectivity index (χ4v) is 2.73. The molecule has 0 saturated carbocycles. The number of hydrogen-bond donors (Lipinski definition) is 0. The number of rotatable bonds is 4. The van der Waals surface area contributed by atoms with Crippen LogP contribution in [0.1, 0.15) is 31.4 Å². The number of fused-ring (bicyclic) bond motifs is 1. The van der Waals surface area contributed by atoms with Crippen molar-refractivity contribution in [1.82, 2.24) is 9.97 Å². The third-order valence-corrected chi connectivity index (χ3v) is 4.35. The van der Waals surface area contributed by atoms with Gasteiger partial charge in [0.25, 0.3) is 0 Å². The first kappa shape index (κ1) is 15.3. The fraction of sp³-hybridized carbons (Fsp3) is 0.176. The van der Waals surface area contributed by atoms with Gasteiger partial charge in [-0.1, -0.05) is 6.07 Å². The maximum absolute atomic E-state index is 12.1. The number of esters is 1. The largest absolute Gasteiger partial charge is 0.454 e. The number of Topliss-reactive ketones (excluding diaryl/α,β-unsaturated/α-hetero) is 1. The molecule has 3 aromatic rings. The summed E-state index contributed by atoms with van der Waals surface area (Å²) in [7, 11) is 0. The number of thiophene rings is 1. The van der Waals surface area contributed by atoms with Gasteiger partial charge in [-0.05, 0) is 43.5 Å². The van der Waals surface area contributed by atoms with E-state index >= 15 is 0 Å². The Morgan fingerprint density at radius 1 is 1.09 bits per heavy atom. The predicted octanol–water partition coefficient (Wildman–Crippen LogP) is 3.35. The van der Waals surface area contributed by atoms with Gasteiger partial charge in [-0.25, -0.2) is 14.8 Å². The molecule has 0 saturated heterocycles. The van der Waals surface area contributed by atoms with Crippen molar-refractivity contribution in [1.29, 1.82) is 0 Å². The molecule has 2 heterocycles. The summed E-state index contributed by atoms with van der Waals surface area (Å²) in [5.74, 6) is -0.753. The van der Waals surface area contributed by atoms with Crippen molar-refractivity contribution in [2.45, 2.75) is 13.8 Å². The molecule has 23 heavy (non-hydrogen) atoms. The second-order valence-corrected chi connectivity index (χ2v) is 6.02. The molecule has 0 N–H and O–H groups in total. The zero-order valence-corrected chi connectivity index (χ0v) is 13.5. The van der Waals surface area contributed by atoms with Crippen LogP contribution in [0, 0.1) is 13.8 Å². The van der Waals surface area contributed by atoms with Crippen LogP contribution in [0.4, 0.5) is 0 Å². The van der Waals surface area contributed by atoms with Crippen molar-refractivity contribution >= 4 is 34.1 Å². The number of aryl methyl sites for hydroxylation is 2. The molecule has 116 valence electrons. The molecule has 1 aromatic carbocycles. The Morgan fingerprint density at radius 3 is 2.52 bits per heavy atom. The van der Waals surface area contributed by atoms with Crippen LogP contribution in [0.15, 0.2) is 35.7 Å². The number of ketones is 1. The molecular weight excluding hydrogens is 312 g/mol. The van der Waals surface area contributed by atoms with E-state index in [1.165, 1.54) is 11.3 Å². The van der Waals surface area contributed by atoms with Crippen LogP contribution in [0.3, 0.4) is 0 Å². The number of nitrogens with zero attached hydrogens (tertiary/aromatic N) is 2. The Morgan fingerprint density at radius 2 is 1.83 bits per heavy atom. The van der Waals surface area contributed by atoms with E-state index in [-0.39, 0.29) is 12.4 Å². The van der Waals surface area contributed by atoms with Gasteiger partial charge in [-0.15, -0.1) is 11.3 Å². The zero-order valence-electron chi connectivity index (χ0n) is 12.7. The minimum atomic E-state index is -0.545. The first-order valence-electron chi connectivity index (χ1n) is 7.03. The quantitative estimate of drug-likeness (QED) is 0.543. The SMILES string of the molecule is Cc1nc2ccc(C(=O)OCC(=O)c3cccs3)cc2nc1C. The topological polar surface area (TPSA) is 69.2 Å². The van der Waals surface area contributed by atoms with Crippen LogP contribution in [-0.4, -0.2) is 28.3 Å². The molecule has 3 rings (SSSR count). The minimum Gasteiger partial charge on any atom is -0.454 e. The molecule has 0 bridgehead atoms. The Balaban J connectivity index is 1.75. The van der Waals surface area contributed by atoms with E-state index in [0.717, 1.165) is 16.9 Å². The van der Waals surface area contributed by atoms with E-state index in [2.05, 4.69) is 9.97 Å². The Hall–Kier alpha value is -2.60. The van der Waals surface area contributed by atoms with Crippen molar-refractivity contribution < 1.29 is 14.3 Å². The first-order valence-corrected chi connectivity index (χ1v) is 7.91. The molecule has 0 spiro atoms. The highest BCUT2D eigenvalue weighted by Crippen LogP contribution is 2.16. The lowest BCUT2D eigenvalue weighted by molar-refractivity contribution is 0.0476. The number of hydrogen-bond acceptors (Lipinski definition) is 6. The molecular formula is C17H14N2O3S. The van der Waals surface area contributed by atoms with Crippen molar-refractivity contribution in [3.63, 3.8) is 0 Å². The van der Waals surface area contributed by atoms with Crippen LogP contribution >= 0.6 is 11.3 Å². The lowest BCUT2D eigenvalue weighted by atomic mass is 10.2. The molecule has 0 amide bonds. The standard InChI is InChI=1S/C17H14N2O3S/c1-10-11(2)19-14-8-12(5-6-13(14)18-10)17(21)22-9-15(20)16-4-3-7-23-16/h3-8H,9H2,1-2H3. The predicted molar refractivity (Wildman–Crippen MR) is 87.9 cm³/mol. The molecule has 2 aromatic heterocycles. The Labute approximate surface area is 137 Å². The number of carbonyl (C=O) groups is 2. The van der Waals surface area contributed by atoms with E-state index in [1.807, 2.05) is 13.8 Å². The van der Waals surface area contributed by atoms with E-state index < -0.39 is 5.97 Å². The summed E-state index contributed by atoms with van der Waals surface area (Å²) in [5.41, 5.74) is 3.38. The number of carbonyl (C=O) groups excluding carboxylic acids is 2. The molecule has 0 unspecified atom stereocenters. The van der Waals surface area contributed by atoms with Crippen LogP contribution < -0.4 is 0 Å². The van der Waals surface area contributed by atoms with Crippen molar-refractivity contribution in [3.8, 4) is 0 Å². The highest BCUT2D eigenvalue weighted by molar-refractivity contribution is 7.12. The summed E-state index contributed by atoms with van der Waals surface area (Å²) in [4.78, 5) is 33.4. The van der Waals surface area contributed by atoms with Gasteiger partial charge in [0.05, 0.1) is 32.9 Å². The highest BCUT2D eigenvalue weighted by Gasteiger charge is 2.13. The van der Waals surface area contributed by atoms with Gasteiger partial charge in [0.2, 0.25) is 5.78 Å². The molecule has 0 aliphatic rings. The van der Waals surface area contributed by atoms with E-state index in [4.69, 9.17) is 4.74 Å². The summed E-state index contributed by atoms with van der Waals surface area (Å²) >= 11 is 1.32. The summed E-state index contributed by atoms with van der Waals surface area (Å²) in [6.07, 6.45) is 0. The molecule has 0 radical (unpaired) electrons. The molecule has 0 aliphatic carbocycles. The Bertz CT molecular complexity index is 888. The average molecular weight is 326 g/mol. The average Bonchev–Trinajstić information content (AvgIpc) is 3.07. The zero-order chi connectivity index (χ0) is 16.4. The van der Waals surface area contributed by atoms with Crippen LogP contribution in [0.5, 0.6) is 0 Å². The van der Waals surface area contributed by atoms with E-state index in [9.17, 15) is 9.59 Å². The van der Waals surface area contributed by atoms with Gasteiger partial charge in [-0.3, -0.25) is 4.79 Å². The first-order chi connectivity index (χ1) is 11.0. The minimum absolute atomic E-state index is 0.208. The molecule has 0 atom stereocenters. The second-order valence-electron chi connectivity index (χ2n) is 5.07. The summed E-state index contributed by atoms with van der Waals surface area (Å²) in [5, 5.41) is 1.81. The van der Waals surface area contributed by atoms with Gasteiger partial charge >= 0.3 is 5.97 Å². The maximum atomic E-state index is 12.1. The lowest BCUT2D eigenvalue weighted by Crippen LogP contribution is -2.13. The Kier molecular flexibility index (Phi) is 4.16. The monoisotopic (exact) mass is 326 g/mol. The lowest BCUT2D eigenvalue weighted by Gasteiger charge is -2.06. The fourth-order valence-electron chi connectivity index (χ4n) is 2.08. The van der Waals surface area contributed by atoms with Gasteiger partial charge in [-0.2, -0.15) is 0 Å². The maximum Gasteiger partial charge on any atom is 0.338 e. The number of aromatic nitrogens is 2. The molecule has 0 aliphatic heterocycles. The third kappa shape index (κ3) is 3.27. The van der Waals surface area contributed by atoms with Crippen LogP contribution in [0.25, 0.3) is 11.0 Å². The second kappa shape index (κ2) is 6.26. The van der Waals surface area contributed by atoms with Crippen molar-refractivity contribution in [2.75, 3.05) is 6.61 Å². The van der Waals surface area contributed by atoms with Gasteiger partial charge in [0.1, 0.15) is 0 Å². The highest BCUT2D eigenvalue weighted by atomic mass is 32.1. The smallest absolute Gasteiger partial charge is 0.338 e. The molecule has 5 nitrogen and oxygen atoms in total. The van der Waals surface area contributed by atoms with Crippen LogP contribution in [0.2, 0.25) is 0 Å². The van der Waals surface area contributed by atoms with Gasteiger partial charge in [0.15, 0.2) is 6.61 Å². The number of benzene rings is 1. The normalized spacial score (nSPS) is 10.7. The summed E-state index contributed by atoms with van der Waals surface area (Å²) in [6.45, 7) is 3.49.